The van der Waals surface area contributed by atoms with Crippen LogP contribution in [0, 0.1) is 11.6 Å². The molecule has 5 heteroatoms. The van der Waals surface area contributed by atoms with Crippen molar-refractivity contribution in [1.82, 2.24) is 0 Å². The highest BCUT2D eigenvalue weighted by molar-refractivity contribution is 9.10. The Hall–Kier alpha value is -1.46. The number of halogens is 3. The Morgan fingerprint density at radius 2 is 1.76 bits per heavy atom. The van der Waals surface area contributed by atoms with Crippen molar-refractivity contribution >= 4 is 15.9 Å². The molecule has 0 saturated heterocycles. The Balaban J connectivity index is 2.38. The lowest BCUT2D eigenvalue weighted by Gasteiger charge is -2.26. The maximum atomic E-state index is 13.4. The molecule has 0 aliphatic rings. The average Bonchev–Trinajstić information content (AvgIpc) is 2.37. The summed E-state index contributed by atoms with van der Waals surface area (Å²) < 4.78 is 33.0. The smallest absolute Gasteiger partial charge is 0.126 e. The molecule has 2 rings (SSSR count). The van der Waals surface area contributed by atoms with Crippen LogP contribution in [0.2, 0.25) is 0 Å². The number of hydrogen-bond donors (Lipinski definition) is 1. The number of hydrogen-bond acceptors (Lipinski definition) is 2. The van der Waals surface area contributed by atoms with Gasteiger partial charge in [-0.1, -0.05) is 15.9 Å². The average molecular weight is 356 g/mol. The van der Waals surface area contributed by atoms with Gasteiger partial charge in [-0.05, 0) is 54.8 Å². The van der Waals surface area contributed by atoms with Crippen molar-refractivity contribution in [2.45, 2.75) is 18.9 Å². The maximum Gasteiger partial charge on any atom is 0.126 e. The first-order chi connectivity index (χ1) is 9.81. The molecule has 2 nitrogen and oxygen atoms in total. The van der Waals surface area contributed by atoms with E-state index in [2.05, 4.69) is 15.9 Å². The Labute approximate surface area is 131 Å². The van der Waals surface area contributed by atoms with Gasteiger partial charge in [0.25, 0.3) is 0 Å². The van der Waals surface area contributed by atoms with Crippen LogP contribution in [0.3, 0.4) is 0 Å². The maximum absolute atomic E-state index is 13.4. The second-order valence-electron chi connectivity index (χ2n) is 5.21. The van der Waals surface area contributed by atoms with Gasteiger partial charge < -0.3 is 10.5 Å². The van der Waals surface area contributed by atoms with Gasteiger partial charge in [0.1, 0.15) is 17.4 Å². The summed E-state index contributed by atoms with van der Waals surface area (Å²) in [5, 5.41) is 0. The van der Waals surface area contributed by atoms with E-state index in [9.17, 15) is 8.78 Å². The summed E-state index contributed by atoms with van der Waals surface area (Å²) in [5.41, 5.74) is 6.62. The van der Waals surface area contributed by atoms with Crippen molar-refractivity contribution in [2.24, 2.45) is 5.73 Å². The van der Waals surface area contributed by atoms with Crippen molar-refractivity contribution in [2.75, 3.05) is 7.11 Å². The molecule has 21 heavy (non-hydrogen) atoms. The number of ether oxygens (including phenoxy) is 1. The monoisotopic (exact) mass is 355 g/mol. The van der Waals surface area contributed by atoms with E-state index in [1.165, 1.54) is 12.1 Å². The molecule has 0 aliphatic heterocycles. The van der Waals surface area contributed by atoms with E-state index in [-0.39, 0.29) is 0 Å². The fourth-order valence-electron chi connectivity index (χ4n) is 2.27. The lowest BCUT2D eigenvalue weighted by molar-refractivity contribution is 0.399. The van der Waals surface area contributed by atoms with E-state index in [1.54, 1.807) is 14.0 Å². The van der Waals surface area contributed by atoms with E-state index >= 15 is 0 Å². The van der Waals surface area contributed by atoms with Crippen molar-refractivity contribution in [1.29, 1.82) is 0 Å². The topological polar surface area (TPSA) is 35.2 Å². The van der Waals surface area contributed by atoms with Crippen molar-refractivity contribution in [3.05, 3.63) is 63.6 Å². The molecule has 0 aliphatic carbocycles. The molecule has 0 amide bonds. The summed E-state index contributed by atoms with van der Waals surface area (Å²) in [6, 6.07) is 8.92. The minimum Gasteiger partial charge on any atom is -0.496 e. The van der Waals surface area contributed by atoms with Gasteiger partial charge in [-0.15, -0.1) is 0 Å². The molecule has 0 heterocycles. The van der Waals surface area contributed by atoms with Crippen LogP contribution in [0.25, 0.3) is 0 Å². The van der Waals surface area contributed by atoms with Crippen LogP contribution in [0.4, 0.5) is 8.78 Å². The quantitative estimate of drug-likeness (QED) is 0.893. The molecule has 0 spiro atoms. The van der Waals surface area contributed by atoms with Crippen molar-refractivity contribution in [3.63, 3.8) is 0 Å². The van der Waals surface area contributed by atoms with Gasteiger partial charge in [0.05, 0.1) is 7.11 Å². The second-order valence-corrected chi connectivity index (χ2v) is 6.12. The summed E-state index contributed by atoms with van der Waals surface area (Å²) in [7, 11) is 1.57. The Kier molecular flexibility index (Phi) is 4.64. The fourth-order valence-corrected chi connectivity index (χ4v) is 2.68. The molecular formula is C16H16BrF2NO. The van der Waals surface area contributed by atoms with Crippen LogP contribution >= 0.6 is 15.9 Å². The summed E-state index contributed by atoms with van der Waals surface area (Å²) in [6.45, 7) is 1.74. The van der Waals surface area contributed by atoms with Gasteiger partial charge in [-0.3, -0.25) is 0 Å². The molecule has 1 atom stereocenters. The van der Waals surface area contributed by atoms with Gasteiger partial charge in [0.2, 0.25) is 0 Å². The lowest BCUT2D eigenvalue weighted by atomic mass is 9.86. The zero-order valence-corrected chi connectivity index (χ0v) is 13.4. The number of nitrogens with two attached hydrogens (primary N) is 1. The third-order valence-electron chi connectivity index (χ3n) is 3.32. The highest BCUT2D eigenvalue weighted by Crippen LogP contribution is 2.30. The SMILES string of the molecule is COc1ccc(Br)cc1CC(C)(N)c1cc(F)cc(F)c1. The first kappa shape index (κ1) is 15.9. The van der Waals surface area contributed by atoms with Crippen molar-refractivity contribution < 1.29 is 13.5 Å². The normalized spacial score (nSPS) is 13.8. The molecule has 0 aromatic heterocycles. The number of benzene rings is 2. The van der Waals surface area contributed by atoms with Gasteiger partial charge in [0, 0.05) is 16.1 Å². The van der Waals surface area contributed by atoms with E-state index in [0.717, 1.165) is 16.1 Å². The number of rotatable bonds is 4. The zero-order valence-electron chi connectivity index (χ0n) is 11.8. The van der Waals surface area contributed by atoms with E-state index < -0.39 is 17.2 Å². The third-order valence-corrected chi connectivity index (χ3v) is 3.82. The van der Waals surface area contributed by atoms with Gasteiger partial charge in [-0.2, -0.15) is 0 Å². The molecular weight excluding hydrogens is 340 g/mol. The van der Waals surface area contributed by atoms with E-state index in [0.29, 0.717) is 17.7 Å². The van der Waals surface area contributed by atoms with Gasteiger partial charge in [0.15, 0.2) is 0 Å². The highest BCUT2D eigenvalue weighted by Gasteiger charge is 2.25. The minimum absolute atomic E-state index is 0.387. The van der Waals surface area contributed by atoms with Crippen molar-refractivity contribution in [3.8, 4) is 5.75 Å². The van der Waals surface area contributed by atoms with Gasteiger partial charge in [-0.25, -0.2) is 8.78 Å². The molecule has 2 N–H and O–H groups in total. The molecule has 2 aromatic carbocycles. The van der Waals surface area contributed by atoms with Crippen LogP contribution in [0.15, 0.2) is 40.9 Å². The highest BCUT2D eigenvalue weighted by atomic mass is 79.9. The van der Waals surface area contributed by atoms with E-state index in [4.69, 9.17) is 10.5 Å². The fraction of sp³-hybridized carbons (Fsp3) is 0.250. The van der Waals surface area contributed by atoms with Crippen LogP contribution < -0.4 is 10.5 Å². The van der Waals surface area contributed by atoms with Gasteiger partial charge >= 0.3 is 0 Å². The molecule has 0 radical (unpaired) electrons. The second kappa shape index (κ2) is 6.12. The molecule has 2 aromatic rings. The molecule has 112 valence electrons. The zero-order chi connectivity index (χ0) is 15.6. The van der Waals surface area contributed by atoms with Crippen LogP contribution in [-0.2, 0) is 12.0 Å². The molecule has 1 unspecified atom stereocenters. The summed E-state index contributed by atoms with van der Waals surface area (Å²) in [5.74, 6) is -0.586. The summed E-state index contributed by atoms with van der Waals surface area (Å²) in [6.07, 6.45) is 0.387. The van der Waals surface area contributed by atoms with E-state index in [1.807, 2.05) is 18.2 Å². The lowest BCUT2D eigenvalue weighted by Crippen LogP contribution is -2.35. The Bertz CT molecular complexity index is 638. The number of methoxy groups -OCH3 is 1. The minimum atomic E-state index is -0.920. The standard InChI is InChI=1S/C16H16BrF2NO/c1-16(20,11-6-13(18)8-14(19)7-11)9-10-5-12(17)3-4-15(10)21-2/h3-8H,9,20H2,1-2H3. The third kappa shape index (κ3) is 3.80. The predicted molar refractivity (Wildman–Crippen MR) is 82.3 cm³/mol. The Morgan fingerprint density at radius 1 is 1.14 bits per heavy atom. The molecule has 0 saturated carbocycles. The predicted octanol–water partition coefficient (Wildman–Crippen LogP) is 4.15. The summed E-state index contributed by atoms with van der Waals surface area (Å²) >= 11 is 3.40. The first-order valence-corrected chi connectivity index (χ1v) is 7.19. The molecule has 0 fully saturated rings. The van der Waals surface area contributed by atoms with Crippen LogP contribution in [-0.4, -0.2) is 7.11 Å². The van der Waals surface area contributed by atoms with Crippen LogP contribution in [0.5, 0.6) is 5.75 Å². The summed E-state index contributed by atoms with van der Waals surface area (Å²) in [4.78, 5) is 0. The Morgan fingerprint density at radius 3 is 2.33 bits per heavy atom. The largest absolute Gasteiger partial charge is 0.496 e. The molecule has 0 bridgehead atoms. The first-order valence-electron chi connectivity index (χ1n) is 6.40. The van der Waals surface area contributed by atoms with Crippen LogP contribution in [0.1, 0.15) is 18.1 Å².